The predicted molar refractivity (Wildman–Crippen MR) is 44.7 cm³/mol. The largest absolute Gasteiger partial charge is 0.733 e. The zero-order chi connectivity index (χ0) is 9.14. The lowest BCUT2D eigenvalue weighted by atomic mass is 10.1. The van der Waals surface area contributed by atoms with Gasteiger partial charge in [0, 0.05) is 0 Å². The molecule has 4 heteroatoms. The van der Waals surface area contributed by atoms with Gasteiger partial charge in [-0.25, -0.2) is 0 Å². The molecule has 0 bridgehead atoms. The van der Waals surface area contributed by atoms with Gasteiger partial charge in [0.2, 0.25) is 0 Å². The Bertz CT molecular complexity index is 273. The van der Waals surface area contributed by atoms with Gasteiger partial charge < -0.3 is 15.5 Å². The Balaban J connectivity index is 3.05. The fourth-order valence-electron chi connectivity index (χ4n) is 0.947. The van der Waals surface area contributed by atoms with Crippen LogP contribution in [0.1, 0.15) is 11.1 Å². The third-order valence-electron chi connectivity index (χ3n) is 1.72. The maximum Gasteiger partial charge on any atom is 0.0685 e. The van der Waals surface area contributed by atoms with Crippen molar-refractivity contribution in [1.82, 2.24) is 0 Å². The van der Waals surface area contributed by atoms with Crippen LogP contribution in [0.5, 0.6) is 0 Å². The minimum absolute atomic E-state index is 0.129. The van der Waals surface area contributed by atoms with Gasteiger partial charge in [0.05, 0.1) is 12.3 Å². The van der Waals surface area contributed by atoms with Gasteiger partial charge in [0.15, 0.2) is 0 Å². The van der Waals surface area contributed by atoms with Crippen LogP contribution in [0.25, 0.3) is 0 Å². The SMILES string of the molecule is Cc1ccc(N([O-])O)cc1CO. The topological polar surface area (TPSA) is 66.8 Å². The molecule has 0 atom stereocenters. The Morgan fingerprint density at radius 1 is 1.50 bits per heavy atom. The van der Waals surface area contributed by atoms with E-state index in [0.29, 0.717) is 5.56 Å². The number of benzene rings is 1. The molecule has 0 aliphatic heterocycles. The monoisotopic (exact) mass is 168 g/mol. The summed E-state index contributed by atoms with van der Waals surface area (Å²) in [4.78, 5) is 0. The molecule has 0 amide bonds. The zero-order valence-corrected chi connectivity index (χ0v) is 6.69. The lowest BCUT2D eigenvalue weighted by Crippen LogP contribution is -2.07. The highest BCUT2D eigenvalue weighted by Gasteiger charge is 1.98. The van der Waals surface area contributed by atoms with E-state index in [1.54, 1.807) is 6.07 Å². The van der Waals surface area contributed by atoms with Crippen molar-refractivity contribution >= 4 is 5.69 Å². The molecule has 0 aromatic heterocycles. The molecule has 66 valence electrons. The van der Waals surface area contributed by atoms with Crippen molar-refractivity contribution in [3.63, 3.8) is 0 Å². The molecule has 1 rings (SSSR count). The van der Waals surface area contributed by atoms with Crippen molar-refractivity contribution in [2.75, 3.05) is 5.23 Å². The van der Waals surface area contributed by atoms with Gasteiger partial charge in [-0.3, -0.25) is 5.21 Å². The molecule has 1 aromatic carbocycles. The molecular formula is C8H10NO3-. The molecular weight excluding hydrogens is 158 g/mol. The van der Waals surface area contributed by atoms with Crippen LogP contribution in [0.15, 0.2) is 18.2 Å². The number of nitrogens with zero attached hydrogens (tertiary/aromatic N) is 1. The Hall–Kier alpha value is -1.10. The first-order chi connectivity index (χ1) is 5.65. The molecule has 12 heavy (non-hydrogen) atoms. The summed E-state index contributed by atoms with van der Waals surface area (Å²) in [5.41, 5.74) is 1.66. The number of rotatable bonds is 2. The molecule has 0 saturated heterocycles. The van der Waals surface area contributed by atoms with Gasteiger partial charge in [-0.05, 0) is 30.2 Å². The second kappa shape index (κ2) is 3.53. The average molecular weight is 168 g/mol. The fourth-order valence-corrected chi connectivity index (χ4v) is 0.947. The summed E-state index contributed by atoms with van der Waals surface area (Å²) in [6, 6.07) is 4.60. The molecule has 0 radical (unpaired) electrons. The summed E-state index contributed by atoms with van der Waals surface area (Å²) < 4.78 is 0. The van der Waals surface area contributed by atoms with Gasteiger partial charge in [0.25, 0.3) is 0 Å². The van der Waals surface area contributed by atoms with Crippen LogP contribution in [-0.4, -0.2) is 10.3 Å². The summed E-state index contributed by atoms with van der Waals surface area (Å²) in [7, 11) is 0. The van der Waals surface area contributed by atoms with Gasteiger partial charge in [-0.15, -0.1) is 0 Å². The fraction of sp³-hybridized carbons (Fsp3) is 0.250. The highest BCUT2D eigenvalue weighted by atomic mass is 16.8. The lowest BCUT2D eigenvalue weighted by molar-refractivity contribution is 0.279. The smallest absolute Gasteiger partial charge is 0.0685 e. The van der Waals surface area contributed by atoms with Crippen molar-refractivity contribution < 1.29 is 10.3 Å². The number of hydrogen-bond acceptors (Lipinski definition) is 4. The summed E-state index contributed by atoms with van der Waals surface area (Å²) in [5, 5.41) is 27.5. The van der Waals surface area contributed by atoms with Gasteiger partial charge >= 0.3 is 0 Å². The van der Waals surface area contributed by atoms with E-state index in [9.17, 15) is 5.21 Å². The number of hydrogen-bond donors (Lipinski definition) is 2. The molecule has 0 saturated carbocycles. The summed E-state index contributed by atoms with van der Waals surface area (Å²) in [6.07, 6.45) is 0. The molecule has 1 aromatic rings. The maximum absolute atomic E-state index is 10.4. The third-order valence-corrected chi connectivity index (χ3v) is 1.72. The van der Waals surface area contributed by atoms with Gasteiger partial charge in [-0.1, -0.05) is 6.07 Å². The van der Waals surface area contributed by atoms with Crippen molar-refractivity contribution in [3.8, 4) is 0 Å². The molecule has 0 aliphatic carbocycles. The summed E-state index contributed by atoms with van der Waals surface area (Å²) in [6.45, 7) is 1.69. The van der Waals surface area contributed by atoms with Crippen molar-refractivity contribution in [2.45, 2.75) is 13.5 Å². The second-order valence-corrected chi connectivity index (χ2v) is 2.54. The maximum atomic E-state index is 10.4. The van der Waals surface area contributed by atoms with Crippen LogP contribution in [0.3, 0.4) is 0 Å². The van der Waals surface area contributed by atoms with Gasteiger partial charge in [-0.2, -0.15) is 0 Å². The van der Waals surface area contributed by atoms with Crippen LogP contribution < -0.4 is 5.23 Å². The molecule has 0 unspecified atom stereocenters. The van der Waals surface area contributed by atoms with Crippen molar-refractivity contribution in [1.29, 1.82) is 0 Å². The first-order valence-corrected chi connectivity index (χ1v) is 3.51. The molecule has 0 fully saturated rings. The highest BCUT2D eigenvalue weighted by molar-refractivity contribution is 5.48. The van der Waals surface area contributed by atoms with Crippen LogP contribution in [-0.2, 0) is 6.61 Å². The first-order valence-electron chi connectivity index (χ1n) is 3.51. The zero-order valence-electron chi connectivity index (χ0n) is 6.69. The molecule has 2 N–H and O–H groups in total. The number of anilines is 1. The van der Waals surface area contributed by atoms with Gasteiger partial charge in [0.1, 0.15) is 0 Å². The van der Waals surface area contributed by atoms with E-state index in [2.05, 4.69) is 0 Å². The lowest BCUT2D eigenvalue weighted by Gasteiger charge is -2.22. The van der Waals surface area contributed by atoms with E-state index in [1.807, 2.05) is 6.92 Å². The quantitative estimate of drug-likeness (QED) is 0.651. The number of aliphatic hydroxyl groups excluding tert-OH is 1. The molecule has 4 nitrogen and oxygen atoms in total. The Morgan fingerprint density at radius 3 is 2.67 bits per heavy atom. The molecule has 0 heterocycles. The van der Waals surface area contributed by atoms with E-state index in [-0.39, 0.29) is 17.5 Å². The van der Waals surface area contributed by atoms with Crippen molar-refractivity contribution in [2.24, 2.45) is 0 Å². The van der Waals surface area contributed by atoms with Crippen LogP contribution in [0.2, 0.25) is 0 Å². The average Bonchev–Trinajstić information content (AvgIpc) is 2.05. The summed E-state index contributed by atoms with van der Waals surface area (Å²) in [5.74, 6) is 0. The Morgan fingerprint density at radius 2 is 2.17 bits per heavy atom. The van der Waals surface area contributed by atoms with E-state index in [4.69, 9.17) is 10.3 Å². The minimum atomic E-state index is -0.224. The predicted octanol–water partition coefficient (Wildman–Crippen LogP) is 1.18. The van der Waals surface area contributed by atoms with E-state index < -0.39 is 0 Å². The Labute approximate surface area is 70.2 Å². The molecule has 0 aliphatic rings. The third kappa shape index (κ3) is 1.73. The molecule has 0 spiro atoms. The van der Waals surface area contributed by atoms with Crippen molar-refractivity contribution in [3.05, 3.63) is 34.5 Å². The minimum Gasteiger partial charge on any atom is -0.733 e. The Kier molecular flexibility index (Phi) is 2.65. The highest BCUT2D eigenvalue weighted by Crippen LogP contribution is 2.17. The normalized spacial score (nSPS) is 10.0. The van der Waals surface area contributed by atoms with Crippen LogP contribution in [0, 0.1) is 12.1 Å². The van der Waals surface area contributed by atoms with Crippen LogP contribution >= 0.6 is 0 Å². The van der Waals surface area contributed by atoms with E-state index in [1.165, 1.54) is 12.1 Å². The number of aryl methyl sites for hydroxylation is 1. The van der Waals surface area contributed by atoms with E-state index in [0.717, 1.165) is 5.56 Å². The van der Waals surface area contributed by atoms with Crippen LogP contribution in [0.4, 0.5) is 5.69 Å². The number of aliphatic hydroxyl groups is 1. The van der Waals surface area contributed by atoms with E-state index >= 15 is 0 Å². The standard InChI is InChI=1S/C8H10NO3/c1-6-2-3-8(9(11)12)4-7(6)5-10/h2-4,10-11H,5H2,1H3/q-1. The second-order valence-electron chi connectivity index (χ2n) is 2.54. The first kappa shape index (κ1) is 8.99. The summed E-state index contributed by atoms with van der Waals surface area (Å²) >= 11 is 0.